The quantitative estimate of drug-likeness (QED) is 0.495. The van der Waals surface area contributed by atoms with Crippen molar-refractivity contribution in [2.75, 3.05) is 19.8 Å². The second-order valence-electron chi connectivity index (χ2n) is 3.43. The fourth-order valence-corrected chi connectivity index (χ4v) is 1.23. The first kappa shape index (κ1) is 20.8. The first-order valence-corrected chi connectivity index (χ1v) is 6.57. The van der Waals surface area contributed by atoms with Crippen LogP contribution >= 0.6 is 0 Å². The summed E-state index contributed by atoms with van der Waals surface area (Å²) in [6.07, 6.45) is -0.0370. The number of Topliss-reactive ketones (excluding diaryl/α,β-unsaturated/α-hetero) is 1. The van der Waals surface area contributed by atoms with Crippen molar-refractivity contribution in [3.8, 4) is 0 Å². The van der Waals surface area contributed by atoms with Crippen molar-refractivity contribution in [2.45, 2.75) is 27.1 Å². The van der Waals surface area contributed by atoms with Crippen LogP contribution in [0.15, 0.2) is 43.5 Å². The highest BCUT2D eigenvalue weighted by Crippen LogP contribution is 1.98. The lowest BCUT2D eigenvalue weighted by molar-refractivity contribution is -0.123. The summed E-state index contributed by atoms with van der Waals surface area (Å²) < 4.78 is 10.1. The molecule has 0 unspecified atom stereocenters. The average Bonchev–Trinajstić information content (AvgIpc) is 2.50. The highest BCUT2D eigenvalue weighted by atomic mass is 16.7. The first-order chi connectivity index (χ1) is 9.65. The van der Waals surface area contributed by atoms with E-state index in [9.17, 15) is 4.79 Å². The van der Waals surface area contributed by atoms with E-state index in [1.165, 1.54) is 0 Å². The molecule has 0 aliphatic heterocycles. The van der Waals surface area contributed by atoms with Gasteiger partial charge in [0.15, 0.2) is 12.1 Å². The van der Waals surface area contributed by atoms with E-state index in [1.54, 1.807) is 24.3 Å². The van der Waals surface area contributed by atoms with E-state index in [0.717, 1.165) is 13.2 Å². The zero-order valence-corrected chi connectivity index (χ0v) is 12.7. The summed E-state index contributed by atoms with van der Waals surface area (Å²) in [6.45, 7) is 12.8. The molecule has 0 fully saturated rings. The van der Waals surface area contributed by atoms with E-state index in [2.05, 4.69) is 13.2 Å². The smallest absolute Gasteiger partial charge is 0.188 e. The number of rotatable bonds is 6. The third-order valence-corrected chi connectivity index (χ3v) is 2.04. The van der Waals surface area contributed by atoms with Gasteiger partial charge in [-0.1, -0.05) is 30.3 Å². The Morgan fingerprint density at radius 1 is 1.15 bits per heavy atom. The van der Waals surface area contributed by atoms with E-state index in [-0.39, 0.29) is 12.1 Å². The Morgan fingerprint density at radius 3 is 1.95 bits per heavy atom. The number of hydrogen-bond acceptors (Lipinski definition) is 4. The number of carbonyl (C=O) groups excluding carboxylic acids is 1. The number of hydrogen-bond donors (Lipinski definition) is 1. The van der Waals surface area contributed by atoms with E-state index < -0.39 is 6.61 Å². The third-order valence-electron chi connectivity index (χ3n) is 2.04. The largest absolute Gasteiger partial charge is 0.388 e. The molecule has 0 aliphatic rings. The van der Waals surface area contributed by atoms with Crippen molar-refractivity contribution < 1.29 is 19.4 Å². The Labute approximate surface area is 122 Å². The molecule has 1 rings (SSSR count). The lowest BCUT2D eigenvalue weighted by atomic mass is 10.1. The minimum absolute atomic E-state index is 0.0370. The van der Waals surface area contributed by atoms with Crippen LogP contribution in [0.5, 0.6) is 0 Å². The standard InChI is InChI=1S/C8H8O2.C6H14O2.C2H4/c9-6-8(10)7-4-2-1-3-5-7;1-4-7-6(3)8-5-2;1-2/h1-5,9H,6H2;6H,4-5H2,1-3H3;1-2H2. The van der Waals surface area contributed by atoms with Gasteiger partial charge in [-0.2, -0.15) is 0 Å². The fourth-order valence-electron chi connectivity index (χ4n) is 1.23. The van der Waals surface area contributed by atoms with Crippen molar-refractivity contribution >= 4 is 5.78 Å². The number of benzene rings is 1. The van der Waals surface area contributed by atoms with Crippen LogP contribution < -0.4 is 0 Å². The molecule has 114 valence electrons. The van der Waals surface area contributed by atoms with Gasteiger partial charge in [0.1, 0.15) is 6.61 Å². The van der Waals surface area contributed by atoms with Crippen LogP contribution in [0.4, 0.5) is 0 Å². The van der Waals surface area contributed by atoms with Gasteiger partial charge in [0.2, 0.25) is 0 Å². The Hall–Kier alpha value is -1.49. The minimum Gasteiger partial charge on any atom is -0.388 e. The maximum atomic E-state index is 10.8. The van der Waals surface area contributed by atoms with E-state index in [1.807, 2.05) is 26.8 Å². The predicted molar refractivity (Wildman–Crippen MR) is 81.8 cm³/mol. The molecule has 0 bridgehead atoms. The molecule has 0 aliphatic carbocycles. The van der Waals surface area contributed by atoms with Crippen molar-refractivity contribution in [1.82, 2.24) is 0 Å². The summed E-state index contributed by atoms with van der Waals surface area (Å²) in [6, 6.07) is 8.72. The van der Waals surface area contributed by atoms with Crippen LogP contribution in [0.25, 0.3) is 0 Å². The maximum absolute atomic E-state index is 10.8. The molecule has 0 amide bonds. The Morgan fingerprint density at radius 2 is 1.60 bits per heavy atom. The van der Waals surface area contributed by atoms with Crippen LogP contribution in [0.2, 0.25) is 0 Å². The first-order valence-electron chi connectivity index (χ1n) is 6.57. The monoisotopic (exact) mass is 282 g/mol. The minimum atomic E-state index is -0.413. The lowest BCUT2D eigenvalue weighted by Crippen LogP contribution is -2.11. The molecule has 20 heavy (non-hydrogen) atoms. The molecular weight excluding hydrogens is 256 g/mol. The van der Waals surface area contributed by atoms with Gasteiger partial charge >= 0.3 is 0 Å². The Bertz CT molecular complexity index is 319. The van der Waals surface area contributed by atoms with Crippen molar-refractivity contribution in [1.29, 1.82) is 0 Å². The summed E-state index contributed by atoms with van der Waals surface area (Å²) in [5.74, 6) is -0.236. The fraction of sp³-hybridized carbons (Fsp3) is 0.438. The number of ketones is 1. The van der Waals surface area contributed by atoms with Crippen LogP contribution in [-0.4, -0.2) is 37.0 Å². The normalized spacial score (nSPS) is 9.05. The molecule has 0 atom stereocenters. The molecule has 0 heterocycles. The van der Waals surface area contributed by atoms with Gasteiger partial charge in [-0.15, -0.1) is 13.2 Å². The maximum Gasteiger partial charge on any atom is 0.188 e. The van der Waals surface area contributed by atoms with Gasteiger partial charge in [-0.3, -0.25) is 4.79 Å². The number of carbonyl (C=O) groups is 1. The molecule has 0 aromatic heterocycles. The molecule has 0 radical (unpaired) electrons. The molecule has 1 aromatic rings. The van der Waals surface area contributed by atoms with Gasteiger partial charge in [0.05, 0.1) is 0 Å². The Kier molecular flexibility index (Phi) is 16.2. The van der Waals surface area contributed by atoms with Gasteiger partial charge in [0, 0.05) is 18.8 Å². The molecule has 0 saturated heterocycles. The highest BCUT2D eigenvalue weighted by molar-refractivity contribution is 5.96. The summed E-state index contributed by atoms with van der Waals surface area (Å²) in [7, 11) is 0. The molecule has 4 heteroatoms. The van der Waals surface area contributed by atoms with E-state index >= 15 is 0 Å². The van der Waals surface area contributed by atoms with E-state index in [0.29, 0.717) is 5.56 Å². The second kappa shape index (κ2) is 15.6. The second-order valence-corrected chi connectivity index (χ2v) is 3.43. The van der Waals surface area contributed by atoms with Crippen LogP contribution in [0.3, 0.4) is 0 Å². The average molecular weight is 282 g/mol. The number of aliphatic hydroxyl groups is 1. The van der Waals surface area contributed by atoms with Crippen LogP contribution in [0, 0.1) is 0 Å². The van der Waals surface area contributed by atoms with Crippen molar-refractivity contribution in [2.24, 2.45) is 0 Å². The highest BCUT2D eigenvalue weighted by Gasteiger charge is 1.99. The zero-order chi connectivity index (χ0) is 15.8. The summed E-state index contributed by atoms with van der Waals surface area (Å²) in [5, 5.41) is 8.44. The number of ether oxygens (including phenoxy) is 2. The molecule has 0 spiro atoms. The van der Waals surface area contributed by atoms with Gasteiger partial charge in [-0.25, -0.2) is 0 Å². The summed E-state index contributed by atoms with van der Waals surface area (Å²) >= 11 is 0. The Balaban J connectivity index is 0. The van der Waals surface area contributed by atoms with Crippen molar-refractivity contribution in [3.05, 3.63) is 49.1 Å². The molecule has 1 N–H and O–H groups in total. The molecular formula is C16H26O4. The number of aliphatic hydroxyl groups excluding tert-OH is 1. The molecule has 4 nitrogen and oxygen atoms in total. The SMILES string of the molecule is C=C.CCOC(C)OCC.O=C(CO)c1ccccc1. The zero-order valence-electron chi connectivity index (χ0n) is 12.7. The molecule has 0 saturated carbocycles. The van der Waals surface area contributed by atoms with Crippen molar-refractivity contribution in [3.63, 3.8) is 0 Å². The van der Waals surface area contributed by atoms with Crippen LogP contribution in [0.1, 0.15) is 31.1 Å². The predicted octanol–water partition coefficient (Wildman–Crippen LogP) is 3.07. The van der Waals surface area contributed by atoms with Gasteiger partial charge < -0.3 is 14.6 Å². The van der Waals surface area contributed by atoms with E-state index in [4.69, 9.17) is 14.6 Å². The van der Waals surface area contributed by atoms with Crippen LogP contribution in [-0.2, 0) is 9.47 Å². The molecule has 1 aromatic carbocycles. The van der Waals surface area contributed by atoms with Gasteiger partial charge in [0.25, 0.3) is 0 Å². The third kappa shape index (κ3) is 11.6. The lowest BCUT2D eigenvalue weighted by Gasteiger charge is -2.09. The summed E-state index contributed by atoms with van der Waals surface area (Å²) in [4.78, 5) is 10.8. The summed E-state index contributed by atoms with van der Waals surface area (Å²) in [5.41, 5.74) is 0.560. The van der Waals surface area contributed by atoms with Gasteiger partial charge in [-0.05, 0) is 20.8 Å². The topological polar surface area (TPSA) is 55.8 Å².